The molecule has 0 radical (unpaired) electrons. The molecule has 0 fully saturated rings. The molecule has 30 heavy (non-hydrogen) atoms. The van der Waals surface area contributed by atoms with Gasteiger partial charge in [-0.15, -0.1) is 8.78 Å². The van der Waals surface area contributed by atoms with E-state index in [1.165, 1.54) is 12.1 Å². The first kappa shape index (κ1) is 19.7. The number of carboxylic acid groups (broad SMARTS) is 1. The van der Waals surface area contributed by atoms with Gasteiger partial charge in [0, 0.05) is 19.4 Å². The highest BCUT2D eigenvalue weighted by Crippen LogP contribution is 2.41. The van der Waals surface area contributed by atoms with E-state index in [1.807, 2.05) is 7.05 Å². The molecule has 1 aliphatic rings. The summed E-state index contributed by atoms with van der Waals surface area (Å²) in [5.41, 5.74) is 1.43. The van der Waals surface area contributed by atoms with Crippen molar-refractivity contribution in [3.63, 3.8) is 0 Å². The molecule has 9 heteroatoms. The Kier molecular flexibility index (Phi) is 5.03. The number of hydrogen-bond acceptors (Lipinski definition) is 5. The number of halogens is 2. The number of carbonyl (C=O) groups is 1. The Labute approximate surface area is 170 Å². The predicted octanol–water partition coefficient (Wildman–Crippen LogP) is 3.93. The average molecular weight is 416 g/mol. The van der Waals surface area contributed by atoms with Gasteiger partial charge in [0.1, 0.15) is 18.2 Å². The van der Waals surface area contributed by atoms with Crippen LogP contribution in [0.4, 0.5) is 8.78 Å². The van der Waals surface area contributed by atoms with E-state index < -0.39 is 18.2 Å². The first-order valence-electron chi connectivity index (χ1n) is 9.11. The van der Waals surface area contributed by atoms with Crippen molar-refractivity contribution in [2.45, 2.75) is 25.2 Å². The zero-order valence-corrected chi connectivity index (χ0v) is 15.9. The highest BCUT2D eigenvalue weighted by atomic mass is 19.3. The molecule has 3 aromatic rings. The van der Waals surface area contributed by atoms with Crippen molar-refractivity contribution >= 4 is 5.97 Å². The van der Waals surface area contributed by atoms with E-state index >= 15 is 0 Å². The number of hydrogen-bond donors (Lipinski definition) is 1. The highest BCUT2D eigenvalue weighted by molar-refractivity contribution is 5.68. The maximum absolute atomic E-state index is 13.1. The van der Waals surface area contributed by atoms with Gasteiger partial charge < -0.3 is 23.9 Å². The van der Waals surface area contributed by atoms with Crippen LogP contribution in [0.2, 0.25) is 0 Å². The van der Waals surface area contributed by atoms with E-state index in [0.29, 0.717) is 17.1 Å². The molecule has 2 aromatic carbocycles. The van der Waals surface area contributed by atoms with Gasteiger partial charge in [-0.25, -0.2) is 4.98 Å². The van der Waals surface area contributed by atoms with Crippen LogP contribution in [0.5, 0.6) is 17.2 Å². The Bertz CT molecular complexity index is 1070. The molecule has 0 aliphatic carbocycles. The fourth-order valence-corrected chi connectivity index (χ4v) is 3.29. The highest BCUT2D eigenvalue weighted by Gasteiger charge is 2.43. The van der Waals surface area contributed by atoms with E-state index in [1.54, 1.807) is 47.3 Å². The van der Waals surface area contributed by atoms with Gasteiger partial charge in [-0.05, 0) is 35.4 Å². The average Bonchev–Trinajstić information content (AvgIpc) is 3.25. The van der Waals surface area contributed by atoms with Crippen LogP contribution >= 0.6 is 0 Å². The summed E-state index contributed by atoms with van der Waals surface area (Å²) >= 11 is 0. The first-order valence-corrected chi connectivity index (χ1v) is 9.11. The molecule has 2 heterocycles. The molecule has 1 N–H and O–H groups in total. The van der Waals surface area contributed by atoms with Gasteiger partial charge in [-0.2, -0.15) is 0 Å². The fraction of sp³-hybridized carbons (Fsp3) is 0.238. The summed E-state index contributed by atoms with van der Waals surface area (Å²) in [6.45, 7) is 0.138. The third kappa shape index (κ3) is 4.19. The molecule has 0 amide bonds. The number of ether oxygens (including phenoxy) is 3. The minimum atomic E-state index is -3.66. The summed E-state index contributed by atoms with van der Waals surface area (Å²) in [7, 11) is 1.82. The number of aryl methyl sites for hydroxylation is 1. The lowest BCUT2D eigenvalue weighted by Crippen LogP contribution is -2.25. The van der Waals surface area contributed by atoms with Crippen LogP contribution < -0.4 is 14.2 Å². The zero-order valence-electron chi connectivity index (χ0n) is 15.9. The predicted molar refractivity (Wildman–Crippen MR) is 101 cm³/mol. The van der Waals surface area contributed by atoms with Crippen LogP contribution in [-0.4, -0.2) is 26.9 Å². The van der Waals surface area contributed by atoms with E-state index in [2.05, 4.69) is 14.5 Å². The van der Waals surface area contributed by atoms with Crippen molar-refractivity contribution < 1.29 is 32.9 Å². The Balaban J connectivity index is 1.45. The van der Waals surface area contributed by atoms with Crippen molar-refractivity contribution in [3.05, 3.63) is 71.8 Å². The van der Waals surface area contributed by atoms with E-state index in [9.17, 15) is 18.7 Å². The topological polar surface area (TPSA) is 82.8 Å². The maximum atomic E-state index is 13.1. The van der Waals surface area contributed by atoms with Crippen molar-refractivity contribution in [3.8, 4) is 17.2 Å². The lowest BCUT2D eigenvalue weighted by molar-refractivity contribution is -0.286. The van der Waals surface area contributed by atoms with Crippen molar-refractivity contribution in [2.24, 2.45) is 7.05 Å². The molecule has 0 spiro atoms. The molecule has 1 atom stereocenters. The molecular weight excluding hydrogens is 398 g/mol. The van der Waals surface area contributed by atoms with E-state index in [-0.39, 0.29) is 24.5 Å². The maximum Gasteiger partial charge on any atom is 0.586 e. The second-order valence-corrected chi connectivity index (χ2v) is 6.85. The second kappa shape index (κ2) is 7.66. The molecule has 156 valence electrons. The van der Waals surface area contributed by atoms with Crippen LogP contribution in [0.3, 0.4) is 0 Å². The molecule has 0 saturated carbocycles. The number of rotatable bonds is 7. The summed E-state index contributed by atoms with van der Waals surface area (Å²) in [6, 6.07) is 11.5. The molecule has 0 saturated heterocycles. The summed E-state index contributed by atoms with van der Waals surface area (Å²) in [5.74, 6) is -0.169. The fourth-order valence-electron chi connectivity index (χ4n) is 3.29. The monoisotopic (exact) mass is 416 g/mol. The van der Waals surface area contributed by atoms with Gasteiger partial charge >= 0.3 is 12.3 Å². The van der Waals surface area contributed by atoms with Crippen LogP contribution in [-0.2, 0) is 18.4 Å². The van der Waals surface area contributed by atoms with Crippen molar-refractivity contribution in [2.75, 3.05) is 0 Å². The van der Waals surface area contributed by atoms with Crippen molar-refractivity contribution in [1.29, 1.82) is 0 Å². The number of benzene rings is 2. The third-order valence-electron chi connectivity index (χ3n) is 4.70. The summed E-state index contributed by atoms with van der Waals surface area (Å²) in [4.78, 5) is 15.6. The van der Waals surface area contributed by atoms with Crippen LogP contribution in [0, 0.1) is 0 Å². The lowest BCUT2D eigenvalue weighted by atomic mass is 9.94. The Hall–Kier alpha value is -3.62. The van der Waals surface area contributed by atoms with Crippen LogP contribution in [0.15, 0.2) is 54.9 Å². The second-order valence-electron chi connectivity index (χ2n) is 6.85. The SMILES string of the molecule is Cn1ccnc1[C@@H](CC(=O)O)c1ccc(OCc2ccc3c(c2)OC(F)(F)O3)cc1. The Morgan fingerprint density at radius 3 is 2.60 bits per heavy atom. The number of aliphatic carboxylic acids is 1. The summed E-state index contributed by atoms with van der Waals surface area (Å²) < 4.78 is 42.5. The van der Waals surface area contributed by atoms with Gasteiger partial charge in [-0.1, -0.05) is 18.2 Å². The number of imidazole rings is 1. The number of aromatic nitrogens is 2. The van der Waals surface area contributed by atoms with Gasteiger partial charge in [0.2, 0.25) is 0 Å². The Morgan fingerprint density at radius 2 is 1.93 bits per heavy atom. The lowest BCUT2D eigenvalue weighted by Gasteiger charge is -2.16. The van der Waals surface area contributed by atoms with E-state index in [4.69, 9.17) is 4.74 Å². The molecule has 7 nitrogen and oxygen atoms in total. The minimum absolute atomic E-state index is 0.0214. The number of carboxylic acids is 1. The number of alkyl halides is 2. The molecule has 0 unspecified atom stereocenters. The van der Waals surface area contributed by atoms with Crippen LogP contribution in [0.25, 0.3) is 0 Å². The zero-order chi connectivity index (χ0) is 21.3. The van der Waals surface area contributed by atoms with Gasteiger partial charge in [0.15, 0.2) is 11.5 Å². The van der Waals surface area contributed by atoms with Gasteiger partial charge in [0.05, 0.1) is 12.3 Å². The van der Waals surface area contributed by atoms with Crippen LogP contribution in [0.1, 0.15) is 29.3 Å². The molecule has 0 bridgehead atoms. The number of nitrogens with zero attached hydrogens (tertiary/aromatic N) is 2. The normalized spacial score (nSPS) is 15.0. The van der Waals surface area contributed by atoms with Gasteiger partial charge in [-0.3, -0.25) is 4.79 Å². The van der Waals surface area contributed by atoms with Crippen molar-refractivity contribution in [1.82, 2.24) is 9.55 Å². The minimum Gasteiger partial charge on any atom is -0.489 e. The largest absolute Gasteiger partial charge is 0.586 e. The summed E-state index contributed by atoms with van der Waals surface area (Å²) in [6.07, 6.45) is -0.351. The summed E-state index contributed by atoms with van der Waals surface area (Å²) in [5, 5.41) is 9.27. The smallest absolute Gasteiger partial charge is 0.489 e. The number of fused-ring (bicyclic) bond motifs is 1. The Morgan fingerprint density at radius 1 is 1.20 bits per heavy atom. The third-order valence-corrected chi connectivity index (χ3v) is 4.70. The molecule has 1 aliphatic heterocycles. The molecular formula is C21H18F2N2O5. The van der Waals surface area contributed by atoms with E-state index in [0.717, 1.165) is 5.56 Å². The molecule has 1 aromatic heterocycles. The first-order chi connectivity index (χ1) is 14.3. The van der Waals surface area contributed by atoms with Gasteiger partial charge in [0.25, 0.3) is 0 Å². The quantitative estimate of drug-likeness (QED) is 0.629. The molecule has 4 rings (SSSR count). The standard InChI is InChI=1S/C21H18F2N2O5/c1-25-9-8-24-20(25)16(11-19(26)27)14-3-5-15(6-4-14)28-12-13-2-7-17-18(10-13)30-21(22,23)29-17/h2-10,16H,11-12H2,1H3,(H,26,27)/t16-/m0/s1.